The number of rotatable bonds is 2. The first kappa shape index (κ1) is 10.6. The molecule has 1 aromatic carbocycles. The Morgan fingerprint density at radius 2 is 1.94 bits per heavy atom. The fourth-order valence-electron chi connectivity index (χ4n) is 1.58. The number of aromatic amines is 1. The summed E-state index contributed by atoms with van der Waals surface area (Å²) in [6, 6.07) is 5.04. The smallest absolute Gasteiger partial charge is 0.231 e. The van der Waals surface area contributed by atoms with Gasteiger partial charge in [-0.3, -0.25) is 0 Å². The monoisotopic (exact) mass is 247 g/mol. The van der Waals surface area contributed by atoms with E-state index in [9.17, 15) is 8.78 Å². The maximum Gasteiger partial charge on any atom is 0.231 e. The van der Waals surface area contributed by atoms with E-state index in [2.05, 4.69) is 15.0 Å². The van der Waals surface area contributed by atoms with E-state index in [0.29, 0.717) is 11.0 Å². The number of nitrogens with one attached hydrogen (secondary N) is 1. The van der Waals surface area contributed by atoms with Gasteiger partial charge < -0.3 is 9.72 Å². The predicted octanol–water partition coefficient (Wildman–Crippen LogP) is 3.03. The summed E-state index contributed by atoms with van der Waals surface area (Å²) in [6.45, 7) is 0. The zero-order valence-corrected chi connectivity index (χ0v) is 9.02. The van der Waals surface area contributed by atoms with E-state index in [4.69, 9.17) is 4.74 Å². The molecule has 0 saturated carbocycles. The highest BCUT2D eigenvalue weighted by molar-refractivity contribution is 5.80. The number of halogens is 2. The third-order valence-electron chi connectivity index (χ3n) is 2.42. The number of nitrogens with zero attached hydrogens (tertiary/aromatic N) is 2. The molecule has 0 atom stereocenters. The van der Waals surface area contributed by atoms with Crippen molar-refractivity contribution in [3.05, 3.63) is 48.4 Å². The Kier molecular flexibility index (Phi) is 2.40. The molecule has 2 aromatic heterocycles. The van der Waals surface area contributed by atoms with Gasteiger partial charge in [0, 0.05) is 12.3 Å². The summed E-state index contributed by atoms with van der Waals surface area (Å²) in [5.74, 6) is -1.42. The van der Waals surface area contributed by atoms with Gasteiger partial charge in [0.25, 0.3) is 0 Å². The van der Waals surface area contributed by atoms with Gasteiger partial charge in [-0.1, -0.05) is 0 Å². The lowest BCUT2D eigenvalue weighted by Crippen LogP contribution is -1.92. The summed E-state index contributed by atoms with van der Waals surface area (Å²) in [4.78, 5) is 10.9. The molecule has 0 spiro atoms. The van der Waals surface area contributed by atoms with Gasteiger partial charge in [-0.15, -0.1) is 0 Å². The van der Waals surface area contributed by atoms with Crippen LogP contribution in [0.3, 0.4) is 0 Å². The molecule has 0 aliphatic rings. The molecule has 3 aromatic rings. The molecule has 2 heterocycles. The van der Waals surface area contributed by atoms with Crippen molar-refractivity contribution in [2.45, 2.75) is 0 Å². The van der Waals surface area contributed by atoms with Gasteiger partial charge in [0.15, 0.2) is 11.6 Å². The minimum Gasteiger partial charge on any atom is -0.438 e. The van der Waals surface area contributed by atoms with Crippen LogP contribution in [-0.4, -0.2) is 15.0 Å². The number of aromatic nitrogens is 3. The zero-order valence-electron chi connectivity index (χ0n) is 9.02. The molecular weight excluding hydrogens is 240 g/mol. The highest BCUT2D eigenvalue weighted by Crippen LogP contribution is 2.26. The van der Waals surface area contributed by atoms with Crippen molar-refractivity contribution in [2.24, 2.45) is 0 Å². The molecular formula is C12H7F2N3O. The van der Waals surface area contributed by atoms with Crippen LogP contribution in [0.5, 0.6) is 11.6 Å². The number of hydrogen-bond donors (Lipinski definition) is 1. The van der Waals surface area contributed by atoms with Crippen LogP contribution in [0.2, 0.25) is 0 Å². The van der Waals surface area contributed by atoms with Gasteiger partial charge in [-0.05, 0) is 18.2 Å². The van der Waals surface area contributed by atoms with E-state index in [0.717, 1.165) is 12.1 Å². The SMILES string of the molecule is Fc1ccc(Oc2ncnc3[nH]ccc23)cc1F. The van der Waals surface area contributed by atoms with Crippen LogP contribution in [0, 0.1) is 11.6 Å². The highest BCUT2D eigenvalue weighted by atomic mass is 19.2. The zero-order chi connectivity index (χ0) is 12.5. The van der Waals surface area contributed by atoms with Crippen LogP contribution in [-0.2, 0) is 0 Å². The van der Waals surface area contributed by atoms with Crippen LogP contribution in [0.25, 0.3) is 11.0 Å². The number of H-pyrrole nitrogens is 1. The lowest BCUT2D eigenvalue weighted by molar-refractivity contribution is 0.451. The third-order valence-corrected chi connectivity index (χ3v) is 2.42. The fourth-order valence-corrected chi connectivity index (χ4v) is 1.58. The summed E-state index contributed by atoms with van der Waals surface area (Å²) in [5.41, 5.74) is 0.614. The van der Waals surface area contributed by atoms with E-state index in [1.165, 1.54) is 12.4 Å². The van der Waals surface area contributed by atoms with E-state index in [1.54, 1.807) is 12.3 Å². The molecule has 1 N–H and O–H groups in total. The van der Waals surface area contributed by atoms with Gasteiger partial charge in [0.2, 0.25) is 5.88 Å². The van der Waals surface area contributed by atoms with Crippen molar-refractivity contribution in [3.8, 4) is 11.6 Å². The molecule has 0 fully saturated rings. The molecule has 0 saturated heterocycles. The molecule has 90 valence electrons. The van der Waals surface area contributed by atoms with Gasteiger partial charge in [0.1, 0.15) is 17.7 Å². The van der Waals surface area contributed by atoms with Crippen LogP contribution >= 0.6 is 0 Å². The first-order valence-electron chi connectivity index (χ1n) is 5.15. The molecule has 0 aliphatic carbocycles. The number of fused-ring (bicyclic) bond motifs is 1. The molecule has 6 heteroatoms. The van der Waals surface area contributed by atoms with Crippen LogP contribution in [0.4, 0.5) is 8.78 Å². The van der Waals surface area contributed by atoms with E-state index < -0.39 is 11.6 Å². The van der Waals surface area contributed by atoms with Crippen LogP contribution in [0.1, 0.15) is 0 Å². The van der Waals surface area contributed by atoms with E-state index in [1.807, 2.05) is 0 Å². The summed E-state index contributed by atoms with van der Waals surface area (Å²) in [6.07, 6.45) is 3.02. The van der Waals surface area contributed by atoms with Crippen molar-refractivity contribution < 1.29 is 13.5 Å². The first-order valence-corrected chi connectivity index (χ1v) is 5.15. The number of hydrogen-bond acceptors (Lipinski definition) is 3. The standard InChI is InChI=1S/C12H7F2N3O/c13-9-2-1-7(5-10(9)14)18-12-8-3-4-15-11(8)16-6-17-12/h1-6H,(H,15,16,17). The minimum atomic E-state index is -0.966. The maximum atomic E-state index is 13.0. The second kappa shape index (κ2) is 4.06. The topological polar surface area (TPSA) is 50.8 Å². The maximum absolute atomic E-state index is 13.0. The Labute approximate surface area is 100 Å². The predicted molar refractivity (Wildman–Crippen MR) is 60.3 cm³/mol. The fraction of sp³-hybridized carbons (Fsp3) is 0. The molecule has 3 rings (SSSR count). The Morgan fingerprint density at radius 1 is 1.06 bits per heavy atom. The Bertz CT molecular complexity index is 711. The van der Waals surface area contributed by atoms with Crippen molar-refractivity contribution >= 4 is 11.0 Å². The molecule has 0 bridgehead atoms. The van der Waals surface area contributed by atoms with Crippen molar-refractivity contribution in [3.63, 3.8) is 0 Å². The minimum absolute atomic E-state index is 0.176. The molecule has 0 radical (unpaired) electrons. The molecule has 0 amide bonds. The molecule has 18 heavy (non-hydrogen) atoms. The Balaban J connectivity index is 2.01. The average molecular weight is 247 g/mol. The molecule has 0 unspecified atom stereocenters. The summed E-state index contributed by atoms with van der Waals surface area (Å²) < 4.78 is 31.2. The van der Waals surface area contributed by atoms with Crippen LogP contribution < -0.4 is 4.74 Å². The summed E-state index contributed by atoms with van der Waals surface area (Å²) >= 11 is 0. The Hall–Kier alpha value is -2.50. The Morgan fingerprint density at radius 3 is 2.78 bits per heavy atom. The lowest BCUT2D eigenvalue weighted by Gasteiger charge is -2.05. The summed E-state index contributed by atoms with van der Waals surface area (Å²) in [5, 5.41) is 0.669. The van der Waals surface area contributed by atoms with Gasteiger partial charge >= 0.3 is 0 Å². The van der Waals surface area contributed by atoms with Crippen LogP contribution in [0.15, 0.2) is 36.8 Å². The second-order valence-corrected chi connectivity index (χ2v) is 3.60. The van der Waals surface area contributed by atoms with E-state index in [-0.39, 0.29) is 11.6 Å². The molecule has 0 aliphatic heterocycles. The van der Waals surface area contributed by atoms with Crippen molar-refractivity contribution in [1.29, 1.82) is 0 Å². The largest absolute Gasteiger partial charge is 0.438 e. The number of ether oxygens (including phenoxy) is 1. The van der Waals surface area contributed by atoms with Crippen molar-refractivity contribution in [2.75, 3.05) is 0 Å². The second-order valence-electron chi connectivity index (χ2n) is 3.60. The van der Waals surface area contributed by atoms with Gasteiger partial charge in [-0.2, -0.15) is 0 Å². The van der Waals surface area contributed by atoms with Gasteiger partial charge in [0.05, 0.1) is 5.39 Å². The number of benzene rings is 1. The normalized spacial score (nSPS) is 10.8. The van der Waals surface area contributed by atoms with Crippen molar-refractivity contribution in [1.82, 2.24) is 15.0 Å². The lowest BCUT2D eigenvalue weighted by atomic mass is 10.3. The highest BCUT2D eigenvalue weighted by Gasteiger charge is 2.08. The quantitative estimate of drug-likeness (QED) is 0.757. The van der Waals surface area contributed by atoms with Gasteiger partial charge in [-0.25, -0.2) is 18.7 Å². The molecule has 4 nitrogen and oxygen atoms in total. The first-order chi connectivity index (χ1) is 8.74. The average Bonchev–Trinajstić information content (AvgIpc) is 2.83. The third kappa shape index (κ3) is 1.77. The summed E-state index contributed by atoms with van der Waals surface area (Å²) in [7, 11) is 0. The van der Waals surface area contributed by atoms with E-state index >= 15 is 0 Å².